The van der Waals surface area contributed by atoms with Crippen LogP contribution in [0.1, 0.15) is 84.5 Å². The molecule has 4 unspecified atom stereocenters. The third-order valence-corrected chi connectivity index (χ3v) is 9.00. The summed E-state index contributed by atoms with van der Waals surface area (Å²) >= 11 is 1.46. The van der Waals surface area contributed by atoms with E-state index in [0.717, 1.165) is 41.5 Å². The summed E-state index contributed by atoms with van der Waals surface area (Å²) in [5.74, 6) is -0.513. The third kappa shape index (κ3) is 10.2. The van der Waals surface area contributed by atoms with Crippen molar-refractivity contribution >= 4 is 29.5 Å². The first-order chi connectivity index (χ1) is 21.7. The number of nitrogens with one attached hydrogen (secondary N) is 2. The Morgan fingerprint density at radius 2 is 1.53 bits per heavy atom. The minimum atomic E-state index is -0.964. The first kappa shape index (κ1) is 34.2. The molecule has 0 spiro atoms. The Labute approximate surface area is 268 Å². The maximum absolute atomic E-state index is 12.3. The van der Waals surface area contributed by atoms with E-state index in [1.165, 1.54) is 18.7 Å². The van der Waals surface area contributed by atoms with Crippen LogP contribution in [-0.2, 0) is 32.2 Å². The van der Waals surface area contributed by atoms with Crippen molar-refractivity contribution in [3.63, 3.8) is 0 Å². The standard InChI is InChI=1S/C35H42N2O7S/c1-23-30(22-45-31-9-6-5-8-29(31)34(41)42)43-35(44-33(23)27-15-13-26(21-38)14-16-27)28-17-11-25(12-18-28)20-37-32(40)10-4-3-7-19-36-24(2)39/h5-6,8-9,11-18,23,30,33,35,38H,3-4,7,10,19-22H2,1-2H3,(H,36,39)(H,37,40)(H,41,42). The van der Waals surface area contributed by atoms with Crippen molar-refractivity contribution in [1.82, 2.24) is 10.6 Å². The lowest BCUT2D eigenvalue weighted by atomic mass is 9.91. The number of carbonyl (C=O) groups is 3. The quantitative estimate of drug-likeness (QED) is 0.122. The SMILES string of the molecule is CC(=O)NCCCCCC(=O)NCc1ccc(C2OC(CSc3ccccc3C(=O)O)C(C)C(c3ccc(CO)cc3)O2)cc1. The molecule has 0 bridgehead atoms. The number of aliphatic hydroxyl groups excluding tert-OH is 1. The molecule has 2 amide bonds. The summed E-state index contributed by atoms with van der Waals surface area (Å²) in [7, 11) is 0. The molecule has 1 fully saturated rings. The Hall–Kier alpha value is -3.70. The number of unbranched alkanes of at least 4 members (excludes halogenated alkanes) is 2. The number of amides is 2. The summed E-state index contributed by atoms with van der Waals surface area (Å²) in [4.78, 5) is 35.7. The molecule has 1 heterocycles. The molecule has 0 saturated carbocycles. The average Bonchev–Trinajstić information content (AvgIpc) is 3.05. The number of carbonyl (C=O) groups excluding carboxylic acids is 2. The summed E-state index contributed by atoms with van der Waals surface area (Å²) in [5, 5.41) is 24.9. The van der Waals surface area contributed by atoms with Gasteiger partial charge >= 0.3 is 5.97 Å². The molecule has 1 aliphatic rings. The molecule has 0 aliphatic carbocycles. The Bertz CT molecular complexity index is 1410. The highest BCUT2D eigenvalue weighted by atomic mass is 32.2. The Morgan fingerprint density at radius 3 is 2.22 bits per heavy atom. The predicted molar refractivity (Wildman–Crippen MR) is 173 cm³/mol. The molecule has 9 nitrogen and oxygen atoms in total. The minimum Gasteiger partial charge on any atom is -0.478 e. The molecule has 10 heteroatoms. The smallest absolute Gasteiger partial charge is 0.336 e. The highest BCUT2D eigenvalue weighted by Crippen LogP contribution is 2.43. The molecule has 4 N–H and O–H groups in total. The van der Waals surface area contributed by atoms with Crippen molar-refractivity contribution in [3.05, 3.63) is 101 Å². The van der Waals surface area contributed by atoms with Gasteiger partial charge in [-0.2, -0.15) is 0 Å². The zero-order valence-electron chi connectivity index (χ0n) is 25.7. The van der Waals surface area contributed by atoms with Crippen molar-refractivity contribution in [2.24, 2.45) is 5.92 Å². The fourth-order valence-corrected chi connectivity index (χ4v) is 6.40. The molecular formula is C35H42N2O7S. The van der Waals surface area contributed by atoms with Crippen LogP contribution < -0.4 is 10.6 Å². The van der Waals surface area contributed by atoms with Crippen LogP contribution in [0.3, 0.4) is 0 Å². The van der Waals surface area contributed by atoms with Crippen LogP contribution in [0.4, 0.5) is 0 Å². The Morgan fingerprint density at radius 1 is 0.844 bits per heavy atom. The number of hydrogen-bond acceptors (Lipinski definition) is 7. The monoisotopic (exact) mass is 634 g/mol. The predicted octanol–water partition coefficient (Wildman–Crippen LogP) is 5.77. The van der Waals surface area contributed by atoms with Crippen molar-refractivity contribution in [1.29, 1.82) is 0 Å². The number of hydrogen-bond donors (Lipinski definition) is 4. The largest absolute Gasteiger partial charge is 0.478 e. The summed E-state index contributed by atoms with van der Waals surface area (Å²) < 4.78 is 13.0. The van der Waals surface area contributed by atoms with Crippen molar-refractivity contribution in [2.75, 3.05) is 12.3 Å². The van der Waals surface area contributed by atoms with E-state index in [1.807, 2.05) is 60.7 Å². The highest BCUT2D eigenvalue weighted by Gasteiger charge is 2.38. The lowest BCUT2D eigenvalue weighted by Crippen LogP contribution is -2.38. The van der Waals surface area contributed by atoms with E-state index < -0.39 is 12.3 Å². The van der Waals surface area contributed by atoms with Gasteiger partial charge in [0.2, 0.25) is 11.8 Å². The van der Waals surface area contributed by atoms with Gasteiger partial charge in [-0.15, -0.1) is 11.8 Å². The number of ether oxygens (including phenoxy) is 2. The van der Waals surface area contributed by atoms with Gasteiger partial charge in [-0.3, -0.25) is 9.59 Å². The number of aliphatic hydroxyl groups is 1. The zero-order valence-corrected chi connectivity index (χ0v) is 26.6. The van der Waals surface area contributed by atoms with Crippen LogP contribution in [0.25, 0.3) is 0 Å². The van der Waals surface area contributed by atoms with Crippen LogP contribution in [0.15, 0.2) is 77.7 Å². The van der Waals surface area contributed by atoms with Gasteiger partial charge in [0, 0.05) is 48.6 Å². The maximum Gasteiger partial charge on any atom is 0.336 e. The fourth-order valence-electron chi connectivity index (χ4n) is 5.18. The number of benzene rings is 3. The van der Waals surface area contributed by atoms with Crippen LogP contribution in [-0.4, -0.2) is 46.4 Å². The van der Waals surface area contributed by atoms with Crippen LogP contribution in [0.2, 0.25) is 0 Å². The lowest BCUT2D eigenvalue weighted by molar-refractivity contribution is -0.268. The van der Waals surface area contributed by atoms with Gasteiger partial charge in [0.1, 0.15) is 0 Å². The first-order valence-electron chi connectivity index (χ1n) is 15.3. The molecule has 4 atom stereocenters. The second-order valence-corrected chi connectivity index (χ2v) is 12.3. The van der Waals surface area contributed by atoms with Gasteiger partial charge in [-0.05, 0) is 41.7 Å². The molecule has 3 aromatic rings. The third-order valence-electron chi connectivity index (χ3n) is 7.84. The zero-order chi connectivity index (χ0) is 32.2. The summed E-state index contributed by atoms with van der Waals surface area (Å²) in [6, 6.07) is 22.5. The fraction of sp³-hybridized carbons (Fsp3) is 0.400. The topological polar surface area (TPSA) is 134 Å². The van der Waals surface area contributed by atoms with Gasteiger partial charge in [0.15, 0.2) is 6.29 Å². The Kier molecular flexibility index (Phi) is 13.0. The Balaban J connectivity index is 1.40. The van der Waals surface area contributed by atoms with E-state index >= 15 is 0 Å². The molecule has 240 valence electrons. The summed E-state index contributed by atoms with van der Waals surface area (Å²) in [6.07, 6.45) is 1.76. The van der Waals surface area contributed by atoms with E-state index in [1.54, 1.807) is 12.1 Å². The maximum atomic E-state index is 12.3. The molecule has 45 heavy (non-hydrogen) atoms. The number of thioether (sulfide) groups is 1. The van der Waals surface area contributed by atoms with Crippen LogP contribution in [0, 0.1) is 5.92 Å². The number of rotatable bonds is 15. The molecular weight excluding hydrogens is 592 g/mol. The molecule has 1 aliphatic heterocycles. The van der Waals surface area contributed by atoms with E-state index in [4.69, 9.17) is 9.47 Å². The second kappa shape index (κ2) is 17.1. The van der Waals surface area contributed by atoms with E-state index in [-0.39, 0.29) is 42.1 Å². The van der Waals surface area contributed by atoms with Gasteiger partial charge in [0.25, 0.3) is 0 Å². The number of carboxylic acid groups (broad SMARTS) is 1. The lowest BCUT2D eigenvalue weighted by Gasteiger charge is -2.41. The van der Waals surface area contributed by atoms with Gasteiger partial charge in [-0.25, -0.2) is 4.79 Å². The second-order valence-electron chi connectivity index (χ2n) is 11.2. The molecule has 0 aromatic heterocycles. The number of carboxylic acids is 1. The molecule has 4 rings (SSSR count). The molecule has 3 aromatic carbocycles. The van der Waals surface area contributed by atoms with Crippen LogP contribution >= 0.6 is 11.8 Å². The minimum absolute atomic E-state index is 0.00795. The van der Waals surface area contributed by atoms with Crippen molar-refractivity contribution in [3.8, 4) is 0 Å². The normalized spacial score (nSPS) is 19.5. The molecule has 0 radical (unpaired) electrons. The van der Waals surface area contributed by atoms with Gasteiger partial charge in [-0.1, -0.05) is 74.0 Å². The van der Waals surface area contributed by atoms with Crippen LogP contribution in [0.5, 0.6) is 0 Å². The van der Waals surface area contributed by atoms with E-state index in [2.05, 4.69) is 17.6 Å². The number of aromatic carboxylic acids is 1. The van der Waals surface area contributed by atoms with Crippen molar-refractivity contribution in [2.45, 2.75) is 76.1 Å². The van der Waals surface area contributed by atoms with E-state index in [0.29, 0.717) is 30.2 Å². The summed E-state index contributed by atoms with van der Waals surface area (Å²) in [6.45, 7) is 4.57. The van der Waals surface area contributed by atoms with Crippen molar-refractivity contribution < 1.29 is 34.1 Å². The summed E-state index contributed by atoms with van der Waals surface area (Å²) in [5.41, 5.74) is 3.85. The average molecular weight is 635 g/mol. The van der Waals surface area contributed by atoms with Gasteiger partial charge < -0.3 is 30.3 Å². The highest BCUT2D eigenvalue weighted by molar-refractivity contribution is 7.99. The van der Waals surface area contributed by atoms with E-state index in [9.17, 15) is 24.6 Å². The molecule has 1 saturated heterocycles. The first-order valence-corrected chi connectivity index (χ1v) is 16.3. The van der Waals surface area contributed by atoms with Gasteiger partial charge in [0.05, 0.1) is 24.4 Å².